The highest BCUT2D eigenvalue weighted by Gasteiger charge is 2.24. The van der Waals surface area contributed by atoms with Crippen LogP contribution < -0.4 is 5.32 Å². The fourth-order valence-corrected chi connectivity index (χ4v) is 4.33. The van der Waals surface area contributed by atoms with Crippen molar-refractivity contribution in [3.05, 3.63) is 46.8 Å². The zero-order valence-corrected chi connectivity index (χ0v) is 18.3. The van der Waals surface area contributed by atoms with E-state index >= 15 is 0 Å². The molecule has 0 spiro atoms. The van der Waals surface area contributed by atoms with Gasteiger partial charge < -0.3 is 10.2 Å². The smallest absolute Gasteiger partial charge is 0.254 e. The Hall–Kier alpha value is -2.41. The predicted octanol–water partition coefficient (Wildman–Crippen LogP) is 4.15. The fraction of sp³-hybridized carbons (Fsp3) is 0.455. The lowest BCUT2D eigenvalue weighted by atomic mass is 10.0. The number of rotatable bonds is 5. The number of nitrogens with one attached hydrogen (secondary N) is 1. The van der Waals surface area contributed by atoms with Gasteiger partial charge in [-0.25, -0.2) is 9.97 Å². The van der Waals surface area contributed by atoms with Crippen molar-refractivity contribution in [1.29, 1.82) is 0 Å². The van der Waals surface area contributed by atoms with Crippen LogP contribution in [0.3, 0.4) is 0 Å². The van der Waals surface area contributed by atoms with Gasteiger partial charge in [0.2, 0.25) is 5.91 Å². The molecule has 1 aliphatic rings. The zero-order chi connectivity index (χ0) is 21.0. The standard InChI is InChI=1S/C22H28N4O2S/c1-14-11-18(21(28)26-10-6-5-7-17(26)4)8-9-19(14)25-20(27)13-29-22-23-15(2)12-16(3)24-22/h8-9,11-12,17H,5-7,10,13H2,1-4H3,(H,25,27). The second-order valence-corrected chi connectivity index (χ2v) is 8.59. The van der Waals surface area contributed by atoms with Crippen LogP contribution in [0.5, 0.6) is 0 Å². The largest absolute Gasteiger partial charge is 0.336 e. The van der Waals surface area contributed by atoms with Crippen molar-refractivity contribution in [3.63, 3.8) is 0 Å². The second-order valence-electron chi connectivity index (χ2n) is 7.64. The van der Waals surface area contributed by atoms with E-state index in [2.05, 4.69) is 22.2 Å². The third-order valence-corrected chi connectivity index (χ3v) is 5.95. The Bertz CT molecular complexity index is 895. The maximum Gasteiger partial charge on any atom is 0.254 e. The quantitative estimate of drug-likeness (QED) is 0.590. The average Bonchev–Trinajstić information content (AvgIpc) is 2.67. The highest BCUT2D eigenvalue weighted by Crippen LogP contribution is 2.23. The zero-order valence-electron chi connectivity index (χ0n) is 17.5. The van der Waals surface area contributed by atoms with Crippen molar-refractivity contribution in [2.45, 2.75) is 58.2 Å². The maximum atomic E-state index is 12.8. The molecule has 1 aromatic heterocycles. The van der Waals surface area contributed by atoms with Gasteiger partial charge in [0, 0.05) is 35.2 Å². The first-order chi connectivity index (χ1) is 13.8. The van der Waals surface area contributed by atoms with Crippen molar-refractivity contribution in [2.75, 3.05) is 17.6 Å². The van der Waals surface area contributed by atoms with Gasteiger partial charge in [0.15, 0.2) is 5.16 Å². The number of anilines is 1. The van der Waals surface area contributed by atoms with Crippen molar-refractivity contribution >= 4 is 29.3 Å². The summed E-state index contributed by atoms with van der Waals surface area (Å²) in [7, 11) is 0. The van der Waals surface area contributed by atoms with Gasteiger partial charge >= 0.3 is 0 Å². The molecule has 29 heavy (non-hydrogen) atoms. The lowest BCUT2D eigenvalue weighted by molar-refractivity contribution is -0.113. The molecular weight excluding hydrogens is 384 g/mol. The number of carbonyl (C=O) groups excluding carboxylic acids is 2. The van der Waals surface area contributed by atoms with Crippen molar-refractivity contribution in [3.8, 4) is 0 Å². The Morgan fingerprint density at radius 3 is 2.52 bits per heavy atom. The lowest BCUT2D eigenvalue weighted by Crippen LogP contribution is -2.42. The highest BCUT2D eigenvalue weighted by molar-refractivity contribution is 7.99. The number of hydrogen-bond acceptors (Lipinski definition) is 5. The molecule has 154 valence electrons. The summed E-state index contributed by atoms with van der Waals surface area (Å²) in [6.45, 7) is 8.66. The Kier molecular flexibility index (Phi) is 6.90. The number of thioether (sulfide) groups is 1. The van der Waals surface area contributed by atoms with Gasteiger partial charge in [0.25, 0.3) is 5.91 Å². The van der Waals surface area contributed by atoms with Crippen LogP contribution in [0, 0.1) is 20.8 Å². The van der Waals surface area contributed by atoms with Crippen LogP contribution in [0.2, 0.25) is 0 Å². The van der Waals surface area contributed by atoms with E-state index in [1.54, 1.807) is 6.07 Å². The Morgan fingerprint density at radius 2 is 1.86 bits per heavy atom. The summed E-state index contributed by atoms with van der Waals surface area (Å²) in [4.78, 5) is 35.8. The molecule has 0 saturated carbocycles. The number of amides is 2. The number of likely N-dealkylation sites (tertiary alicyclic amines) is 1. The van der Waals surface area contributed by atoms with Crippen molar-refractivity contribution in [1.82, 2.24) is 14.9 Å². The Balaban J connectivity index is 1.61. The minimum absolute atomic E-state index is 0.0701. The van der Waals surface area contributed by atoms with Crippen LogP contribution in [-0.4, -0.2) is 45.0 Å². The molecule has 1 saturated heterocycles. The maximum absolute atomic E-state index is 12.8. The number of hydrogen-bond donors (Lipinski definition) is 1. The van der Waals surface area contributed by atoms with Gasteiger partial charge in [-0.3, -0.25) is 9.59 Å². The SMILES string of the molecule is Cc1cc(C)nc(SCC(=O)Nc2ccc(C(=O)N3CCCCC3C)cc2C)n1. The summed E-state index contributed by atoms with van der Waals surface area (Å²) in [5.41, 5.74) is 4.05. The summed E-state index contributed by atoms with van der Waals surface area (Å²) < 4.78 is 0. The Labute approximate surface area is 176 Å². The Morgan fingerprint density at radius 1 is 1.14 bits per heavy atom. The molecule has 1 N–H and O–H groups in total. The molecule has 2 heterocycles. The second kappa shape index (κ2) is 9.39. The van der Waals surface area contributed by atoms with Crippen LogP contribution in [0.25, 0.3) is 0 Å². The molecule has 2 amide bonds. The number of nitrogens with zero attached hydrogens (tertiary/aromatic N) is 3. The van der Waals surface area contributed by atoms with Gasteiger partial charge in [0.05, 0.1) is 5.75 Å². The molecule has 1 aliphatic heterocycles. The average molecular weight is 413 g/mol. The van der Waals surface area contributed by atoms with E-state index in [4.69, 9.17) is 0 Å². The molecule has 1 atom stereocenters. The molecule has 3 rings (SSSR count). The molecule has 0 radical (unpaired) electrons. The van der Waals surface area contributed by atoms with Crippen LogP contribution in [-0.2, 0) is 4.79 Å². The molecule has 1 unspecified atom stereocenters. The van der Waals surface area contributed by atoms with Gasteiger partial charge in [-0.05, 0) is 76.8 Å². The van der Waals surface area contributed by atoms with Crippen molar-refractivity contribution < 1.29 is 9.59 Å². The minimum Gasteiger partial charge on any atom is -0.336 e. The third kappa shape index (κ3) is 5.56. The topological polar surface area (TPSA) is 75.2 Å². The normalized spacial score (nSPS) is 16.6. The molecular formula is C22H28N4O2S. The molecule has 0 bridgehead atoms. The summed E-state index contributed by atoms with van der Waals surface area (Å²) >= 11 is 1.31. The summed E-state index contributed by atoms with van der Waals surface area (Å²) in [5.74, 6) is 0.180. The van der Waals surface area contributed by atoms with Gasteiger partial charge in [0.1, 0.15) is 0 Å². The first kappa shape index (κ1) is 21.3. The van der Waals surface area contributed by atoms with E-state index < -0.39 is 0 Å². The molecule has 2 aromatic rings. The first-order valence-electron chi connectivity index (χ1n) is 10.00. The van der Waals surface area contributed by atoms with Gasteiger partial charge in [-0.1, -0.05) is 11.8 Å². The summed E-state index contributed by atoms with van der Waals surface area (Å²) in [6, 6.07) is 7.65. The highest BCUT2D eigenvalue weighted by atomic mass is 32.2. The predicted molar refractivity (Wildman–Crippen MR) is 116 cm³/mol. The molecule has 6 nitrogen and oxygen atoms in total. The molecule has 7 heteroatoms. The van der Waals surface area contributed by atoms with Crippen LogP contribution in [0.15, 0.2) is 29.4 Å². The van der Waals surface area contributed by atoms with Gasteiger partial charge in [-0.15, -0.1) is 0 Å². The monoisotopic (exact) mass is 412 g/mol. The van der Waals surface area contributed by atoms with E-state index in [9.17, 15) is 9.59 Å². The van der Waals surface area contributed by atoms with Crippen LogP contribution in [0.4, 0.5) is 5.69 Å². The molecule has 1 aromatic carbocycles. The molecule has 0 aliphatic carbocycles. The minimum atomic E-state index is -0.121. The third-order valence-electron chi connectivity index (χ3n) is 5.11. The van der Waals surface area contributed by atoms with E-state index in [0.717, 1.165) is 42.0 Å². The van der Waals surface area contributed by atoms with Crippen molar-refractivity contribution in [2.24, 2.45) is 0 Å². The van der Waals surface area contributed by atoms with Gasteiger partial charge in [-0.2, -0.15) is 0 Å². The van der Waals surface area contributed by atoms with Crippen LogP contribution in [0.1, 0.15) is 53.5 Å². The first-order valence-corrected chi connectivity index (χ1v) is 11.0. The van der Waals surface area contributed by atoms with Crippen LogP contribution >= 0.6 is 11.8 Å². The van der Waals surface area contributed by atoms with E-state index in [1.807, 2.05) is 43.9 Å². The summed E-state index contributed by atoms with van der Waals surface area (Å²) in [6.07, 6.45) is 3.30. The summed E-state index contributed by atoms with van der Waals surface area (Å²) in [5, 5.41) is 3.53. The van der Waals surface area contributed by atoms with E-state index in [-0.39, 0.29) is 23.6 Å². The lowest BCUT2D eigenvalue weighted by Gasteiger charge is -2.33. The molecule has 1 fully saturated rings. The number of piperidine rings is 1. The van der Waals surface area contributed by atoms with E-state index in [1.165, 1.54) is 18.2 Å². The number of aromatic nitrogens is 2. The number of carbonyl (C=O) groups is 2. The fourth-order valence-electron chi connectivity index (χ4n) is 3.58. The number of benzene rings is 1. The van der Waals surface area contributed by atoms with E-state index in [0.29, 0.717) is 10.7 Å². The number of aryl methyl sites for hydroxylation is 3.